The molecule has 0 amide bonds. The van der Waals surface area contributed by atoms with Gasteiger partial charge in [-0.3, -0.25) is 0 Å². The Morgan fingerprint density at radius 2 is 2.00 bits per heavy atom. The van der Waals surface area contributed by atoms with Crippen molar-refractivity contribution in [1.29, 1.82) is 0 Å². The van der Waals surface area contributed by atoms with E-state index >= 15 is 0 Å². The van der Waals surface area contributed by atoms with E-state index in [0.717, 1.165) is 0 Å². The molecule has 0 fully saturated rings. The van der Waals surface area contributed by atoms with E-state index in [2.05, 4.69) is 15.1 Å². The third-order valence-corrected chi connectivity index (χ3v) is 6.10. The number of aromatic carboxylic acids is 1. The van der Waals surface area contributed by atoms with Crippen LogP contribution in [-0.2, 0) is 0 Å². The Kier molecular flexibility index (Phi) is 5.67. The molecule has 0 aliphatic carbocycles. The van der Waals surface area contributed by atoms with Gasteiger partial charge >= 0.3 is 5.97 Å². The molecule has 0 saturated carbocycles. The molecule has 0 radical (unpaired) electrons. The number of aryl methyl sites for hydroxylation is 1. The Balaban J connectivity index is 1.95. The maximum atomic E-state index is 14.5. The van der Waals surface area contributed by atoms with E-state index in [4.69, 9.17) is 27.2 Å². The smallest absolute Gasteiger partial charge is 0.338 e. The second kappa shape index (κ2) is 8.32. The zero-order chi connectivity index (χ0) is 24.0. The van der Waals surface area contributed by atoms with E-state index in [-0.39, 0.29) is 6.04 Å². The Labute approximate surface area is 193 Å². The first-order valence-corrected chi connectivity index (χ1v) is 10.4. The van der Waals surface area contributed by atoms with E-state index in [9.17, 15) is 9.18 Å². The number of nitrogen functional groups attached to an aromatic ring is 1. The number of halogens is 2. The average Bonchev–Trinajstić information content (AvgIpc) is 3.12. The van der Waals surface area contributed by atoms with Crippen LogP contribution in [-0.4, -0.2) is 37.9 Å². The number of hydrogen-bond acceptors (Lipinski definition) is 6. The van der Waals surface area contributed by atoms with Gasteiger partial charge in [0.15, 0.2) is 5.65 Å². The zero-order valence-corrected chi connectivity index (χ0v) is 19.1. The third kappa shape index (κ3) is 3.64. The second-order valence-electron chi connectivity index (χ2n) is 7.64. The minimum atomic E-state index is -1.34. The highest BCUT2D eigenvalue weighted by Gasteiger charge is 2.25. The number of fused-ring (bicyclic) bond motifs is 1. The summed E-state index contributed by atoms with van der Waals surface area (Å²) in [6.07, 6.45) is 1.37. The molecule has 2 aromatic heterocycles. The zero-order valence-electron chi connectivity index (χ0n) is 18.3. The normalized spacial score (nSPS) is 12.2. The van der Waals surface area contributed by atoms with Gasteiger partial charge in [-0.1, -0.05) is 17.7 Å². The van der Waals surface area contributed by atoms with Crippen LogP contribution in [0.15, 0.2) is 30.6 Å². The minimum absolute atomic E-state index is 0.333. The summed E-state index contributed by atoms with van der Waals surface area (Å²) in [5, 5.41) is 14.9. The fraction of sp³-hybridized carbons (Fsp3) is 0.217. The molecule has 2 aromatic carbocycles. The van der Waals surface area contributed by atoms with Gasteiger partial charge in [-0.25, -0.2) is 23.8 Å². The van der Waals surface area contributed by atoms with Crippen molar-refractivity contribution >= 4 is 34.4 Å². The molecular formula is C23H21ClFN5O3. The number of aromatic nitrogens is 4. The molecular weight excluding hydrogens is 449 g/mol. The first kappa shape index (κ1) is 22.5. The molecule has 0 aliphatic heterocycles. The highest BCUT2D eigenvalue weighted by molar-refractivity contribution is 6.32. The summed E-state index contributed by atoms with van der Waals surface area (Å²) in [5.74, 6) is -1.39. The number of carboxylic acid groups (broad SMARTS) is 1. The molecule has 8 nitrogen and oxygen atoms in total. The molecule has 0 spiro atoms. The standard InChI is InChI=1S/C23H21ClFN5O3/c1-10-16(24)8-15(12(3)30-22-19(11(2)29-30)21(26)27-9-28-22)20(33-4)18(10)13-5-6-14(23(31)32)17(25)7-13/h5-9,12H,1-4H3,(H,31,32)(H2,26,27,28). The maximum absolute atomic E-state index is 14.5. The lowest BCUT2D eigenvalue weighted by molar-refractivity contribution is 0.0692. The fourth-order valence-electron chi connectivity index (χ4n) is 4.04. The van der Waals surface area contributed by atoms with Crippen LogP contribution in [0, 0.1) is 19.7 Å². The highest BCUT2D eigenvalue weighted by Crippen LogP contribution is 2.43. The van der Waals surface area contributed by atoms with Crippen LogP contribution in [0.5, 0.6) is 5.75 Å². The van der Waals surface area contributed by atoms with Crippen molar-refractivity contribution in [1.82, 2.24) is 19.7 Å². The number of anilines is 1. The average molecular weight is 470 g/mol. The summed E-state index contributed by atoms with van der Waals surface area (Å²) in [7, 11) is 1.51. The van der Waals surface area contributed by atoms with Crippen molar-refractivity contribution in [3.63, 3.8) is 0 Å². The summed E-state index contributed by atoms with van der Waals surface area (Å²) in [6.45, 7) is 5.52. The van der Waals surface area contributed by atoms with Gasteiger partial charge in [-0.15, -0.1) is 0 Å². The van der Waals surface area contributed by atoms with Crippen molar-refractivity contribution in [2.24, 2.45) is 0 Å². The topological polar surface area (TPSA) is 116 Å². The van der Waals surface area contributed by atoms with Gasteiger partial charge in [0, 0.05) is 16.1 Å². The first-order chi connectivity index (χ1) is 15.6. The predicted octanol–water partition coefficient (Wildman–Crippen LogP) is 4.80. The van der Waals surface area contributed by atoms with Gasteiger partial charge in [-0.05, 0) is 50.1 Å². The lowest BCUT2D eigenvalue weighted by Crippen LogP contribution is -2.12. The van der Waals surface area contributed by atoms with Crippen molar-refractivity contribution in [2.75, 3.05) is 12.8 Å². The quantitative estimate of drug-likeness (QED) is 0.431. The summed E-state index contributed by atoms with van der Waals surface area (Å²) in [4.78, 5) is 19.6. The Hall–Kier alpha value is -3.72. The van der Waals surface area contributed by atoms with Crippen LogP contribution in [0.2, 0.25) is 5.02 Å². The number of ether oxygens (including phenoxy) is 1. The van der Waals surface area contributed by atoms with Gasteiger partial charge in [0.2, 0.25) is 0 Å². The van der Waals surface area contributed by atoms with Crippen LogP contribution >= 0.6 is 11.6 Å². The van der Waals surface area contributed by atoms with Crippen LogP contribution in [0.1, 0.15) is 40.1 Å². The number of nitrogens with two attached hydrogens (primary N) is 1. The molecule has 33 heavy (non-hydrogen) atoms. The number of hydrogen-bond donors (Lipinski definition) is 2. The van der Waals surface area contributed by atoms with Crippen LogP contribution in [0.3, 0.4) is 0 Å². The molecule has 4 aromatic rings. The Morgan fingerprint density at radius 3 is 2.64 bits per heavy atom. The Bertz CT molecular complexity index is 1420. The molecule has 0 aliphatic rings. The lowest BCUT2D eigenvalue weighted by atomic mass is 9.93. The van der Waals surface area contributed by atoms with Crippen molar-refractivity contribution in [3.8, 4) is 16.9 Å². The van der Waals surface area contributed by atoms with E-state index in [1.165, 1.54) is 31.6 Å². The van der Waals surface area contributed by atoms with E-state index in [1.807, 2.05) is 13.8 Å². The Morgan fingerprint density at radius 1 is 1.27 bits per heavy atom. The second-order valence-corrected chi connectivity index (χ2v) is 8.05. The van der Waals surface area contributed by atoms with Gasteiger partial charge in [-0.2, -0.15) is 5.10 Å². The molecule has 10 heteroatoms. The van der Waals surface area contributed by atoms with Crippen LogP contribution in [0.25, 0.3) is 22.2 Å². The number of nitrogens with zero attached hydrogens (tertiary/aromatic N) is 4. The first-order valence-electron chi connectivity index (χ1n) is 10.0. The SMILES string of the molecule is COc1c(C(C)n2nc(C)c3c(N)ncnc32)cc(Cl)c(C)c1-c1ccc(C(=O)O)c(F)c1. The molecule has 1 unspecified atom stereocenters. The van der Waals surface area contributed by atoms with Crippen LogP contribution in [0.4, 0.5) is 10.2 Å². The molecule has 2 heterocycles. The van der Waals surface area contributed by atoms with Crippen LogP contribution < -0.4 is 10.5 Å². The molecule has 3 N–H and O–H groups in total. The van der Waals surface area contributed by atoms with Crippen molar-refractivity contribution in [2.45, 2.75) is 26.8 Å². The van der Waals surface area contributed by atoms with Crippen molar-refractivity contribution < 1.29 is 19.0 Å². The lowest BCUT2D eigenvalue weighted by Gasteiger charge is -2.22. The maximum Gasteiger partial charge on any atom is 0.338 e. The fourth-order valence-corrected chi connectivity index (χ4v) is 4.25. The largest absolute Gasteiger partial charge is 0.496 e. The number of methoxy groups -OCH3 is 1. The van der Waals surface area contributed by atoms with Gasteiger partial charge < -0.3 is 15.6 Å². The van der Waals surface area contributed by atoms with Gasteiger partial charge in [0.25, 0.3) is 0 Å². The predicted molar refractivity (Wildman–Crippen MR) is 123 cm³/mol. The molecule has 0 saturated heterocycles. The van der Waals surface area contributed by atoms with Gasteiger partial charge in [0.1, 0.15) is 23.7 Å². The van der Waals surface area contributed by atoms with Gasteiger partial charge in [0.05, 0.1) is 29.8 Å². The molecule has 1 atom stereocenters. The summed E-state index contributed by atoms with van der Waals surface area (Å²) < 4.78 is 22.0. The van der Waals surface area contributed by atoms with E-state index in [0.29, 0.717) is 55.6 Å². The van der Waals surface area contributed by atoms with E-state index in [1.54, 1.807) is 17.7 Å². The molecule has 4 rings (SSSR count). The van der Waals surface area contributed by atoms with E-state index < -0.39 is 17.3 Å². The number of carbonyl (C=O) groups is 1. The highest BCUT2D eigenvalue weighted by atomic mass is 35.5. The number of carboxylic acids is 1. The summed E-state index contributed by atoms with van der Waals surface area (Å²) in [5.41, 5.74) is 9.21. The number of benzene rings is 2. The van der Waals surface area contributed by atoms with Crippen molar-refractivity contribution in [3.05, 3.63) is 63.8 Å². The minimum Gasteiger partial charge on any atom is -0.496 e. The third-order valence-electron chi connectivity index (χ3n) is 5.71. The molecule has 0 bridgehead atoms. The summed E-state index contributed by atoms with van der Waals surface area (Å²) in [6, 6.07) is 5.31. The number of rotatable bonds is 5. The summed E-state index contributed by atoms with van der Waals surface area (Å²) >= 11 is 6.58. The monoisotopic (exact) mass is 469 g/mol. The molecule has 170 valence electrons.